The van der Waals surface area contributed by atoms with Crippen LogP contribution in [0.25, 0.3) is 0 Å². The van der Waals surface area contributed by atoms with Crippen molar-refractivity contribution < 1.29 is 18.4 Å². The molecule has 2 amide bonds. The van der Waals surface area contributed by atoms with Gasteiger partial charge in [0, 0.05) is 18.4 Å². The summed E-state index contributed by atoms with van der Waals surface area (Å²) in [6.07, 6.45) is 0.582. The fourth-order valence-corrected chi connectivity index (χ4v) is 3.77. The van der Waals surface area contributed by atoms with Crippen molar-refractivity contribution in [2.75, 3.05) is 5.32 Å². The molecular weight excluding hydrogens is 416 g/mol. The van der Waals surface area contributed by atoms with Crippen LogP contribution in [0.3, 0.4) is 0 Å². The summed E-state index contributed by atoms with van der Waals surface area (Å²) in [5.74, 6) is -3.02. The first-order chi connectivity index (χ1) is 15.3. The average molecular weight is 437 g/mol. The predicted octanol–water partition coefficient (Wildman–Crippen LogP) is 3.16. The summed E-state index contributed by atoms with van der Waals surface area (Å²) in [7, 11) is 0. The lowest BCUT2D eigenvalue weighted by atomic mass is 9.87. The third kappa shape index (κ3) is 4.41. The van der Waals surface area contributed by atoms with Gasteiger partial charge in [-0.3, -0.25) is 9.59 Å². The van der Waals surface area contributed by atoms with Crippen LogP contribution in [0.1, 0.15) is 34.5 Å². The number of hydrogen-bond acceptors (Lipinski definition) is 4. The van der Waals surface area contributed by atoms with Gasteiger partial charge in [-0.25, -0.2) is 8.78 Å². The van der Waals surface area contributed by atoms with E-state index in [1.165, 1.54) is 6.07 Å². The zero-order chi connectivity index (χ0) is 22.8. The number of carbonyl (C=O) groups is 2. The zero-order valence-corrected chi connectivity index (χ0v) is 17.3. The van der Waals surface area contributed by atoms with Crippen molar-refractivity contribution >= 4 is 17.5 Å². The van der Waals surface area contributed by atoms with Crippen LogP contribution in [-0.2, 0) is 17.6 Å². The molecular formula is C23H21F2N5O2. The van der Waals surface area contributed by atoms with Crippen molar-refractivity contribution in [3.8, 4) is 0 Å². The van der Waals surface area contributed by atoms with Crippen LogP contribution in [-0.4, -0.2) is 33.0 Å². The highest BCUT2D eigenvalue weighted by Crippen LogP contribution is 2.31. The molecule has 3 N–H and O–H groups in total. The van der Waals surface area contributed by atoms with Gasteiger partial charge >= 0.3 is 0 Å². The molecule has 7 nitrogen and oxygen atoms in total. The molecule has 0 saturated carbocycles. The Morgan fingerprint density at radius 2 is 1.97 bits per heavy atom. The highest BCUT2D eigenvalue weighted by Gasteiger charge is 2.36. The van der Waals surface area contributed by atoms with E-state index in [4.69, 9.17) is 0 Å². The molecule has 2 heterocycles. The minimum absolute atomic E-state index is 0.0526. The van der Waals surface area contributed by atoms with Gasteiger partial charge in [-0.05, 0) is 30.5 Å². The van der Waals surface area contributed by atoms with Crippen molar-refractivity contribution in [1.29, 1.82) is 0 Å². The van der Waals surface area contributed by atoms with Crippen LogP contribution in [0.2, 0.25) is 0 Å². The van der Waals surface area contributed by atoms with E-state index in [-0.39, 0.29) is 17.9 Å². The maximum Gasteiger partial charge on any atom is 0.289 e. The number of benzene rings is 2. The first-order valence-corrected chi connectivity index (χ1v) is 10.0. The highest BCUT2D eigenvalue weighted by molar-refractivity contribution is 6.01. The standard InChI is InChI=1S/C23H21F2N5O2/c1-12(2)16-10-14-9-15(24)11-17(25)19(14)27-22(31)20(16)28-23(32)21-26-18(29-30-21)8-13-6-4-3-5-7-13/h3-7,9,11,16,20H,1,8,10H2,2H3,(H,27,31)(H,28,32)(H,26,29,30)/t16-,20-/m0/s1. The number of hydrogen-bond donors (Lipinski definition) is 3. The maximum atomic E-state index is 14.3. The van der Waals surface area contributed by atoms with E-state index in [9.17, 15) is 18.4 Å². The number of carbonyl (C=O) groups excluding carboxylic acids is 2. The molecule has 1 aromatic heterocycles. The lowest BCUT2D eigenvalue weighted by Gasteiger charge is -2.24. The number of H-pyrrole nitrogens is 1. The molecule has 3 aromatic rings. The molecule has 0 saturated heterocycles. The average Bonchev–Trinajstić information content (AvgIpc) is 3.16. The Morgan fingerprint density at radius 3 is 2.69 bits per heavy atom. The Hall–Kier alpha value is -3.88. The molecule has 9 heteroatoms. The van der Waals surface area contributed by atoms with E-state index in [1.807, 2.05) is 30.3 Å². The number of aromatic amines is 1. The summed E-state index contributed by atoms with van der Waals surface area (Å²) in [5.41, 5.74) is 1.79. The molecule has 164 valence electrons. The molecule has 32 heavy (non-hydrogen) atoms. The SMILES string of the molecule is C=C(C)[C@@H]1Cc2cc(F)cc(F)c2NC(=O)[C@H]1NC(=O)c1nnc(Cc2ccccc2)[nH]1. The fraction of sp³-hybridized carbons (Fsp3) is 0.217. The molecule has 2 atom stereocenters. The normalized spacial score (nSPS) is 17.8. The van der Waals surface area contributed by atoms with E-state index in [0.717, 1.165) is 5.56 Å². The summed E-state index contributed by atoms with van der Waals surface area (Å²) >= 11 is 0. The molecule has 1 aliphatic heterocycles. The van der Waals surface area contributed by atoms with Crippen LogP contribution < -0.4 is 10.6 Å². The molecule has 0 unspecified atom stereocenters. The molecule has 0 fully saturated rings. The predicted molar refractivity (Wildman–Crippen MR) is 114 cm³/mol. The highest BCUT2D eigenvalue weighted by atomic mass is 19.1. The van der Waals surface area contributed by atoms with Gasteiger partial charge < -0.3 is 15.6 Å². The number of halogens is 2. The van der Waals surface area contributed by atoms with Crippen LogP contribution in [0, 0.1) is 17.6 Å². The number of nitrogens with zero attached hydrogens (tertiary/aromatic N) is 2. The van der Waals surface area contributed by atoms with Gasteiger partial charge in [-0.1, -0.05) is 42.5 Å². The number of amides is 2. The quantitative estimate of drug-likeness (QED) is 0.534. The van der Waals surface area contributed by atoms with Crippen molar-refractivity contribution in [1.82, 2.24) is 20.5 Å². The molecule has 0 aliphatic carbocycles. The third-order valence-electron chi connectivity index (χ3n) is 5.39. The summed E-state index contributed by atoms with van der Waals surface area (Å²) < 4.78 is 28.0. The summed E-state index contributed by atoms with van der Waals surface area (Å²) in [4.78, 5) is 28.5. The lowest BCUT2D eigenvalue weighted by molar-refractivity contribution is -0.118. The second kappa shape index (κ2) is 8.70. The van der Waals surface area contributed by atoms with Gasteiger partial charge in [-0.15, -0.1) is 10.2 Å². The van der Waals surface area contributed by atoms with Gasteiger partial charge in [0.15, 0.2) is 0 Å². The topological polar surface area (TPSA) is 99.8 Å². The Kier molecular flexibility index (Phi) is 5.81. The molecule has 1 aliphatic rings. The van der Waals surface area contributed by atoms with Crippen molar-refractivity contribution in [3.63, 3.8) is 0 Å². The summed E-state index contributed by atoms with van der Waals surface area (Å²) in [6.45, 7) is 5.60. The van der Waals surface area contributed by atoms with E-state index in [2.05, 4.69) is 32.4 Å². The first kappa shape index (κ1) is 21.4. The van der Waals surface area contributed by atoms with Crippen molar-refractivity contribution in [3.05, 3.63) is 89.0 Å². The van der Waals surface area contributed by atoms with Gasteiger partial charge in [0.1, 0.15) is 23.5 Å². The zero-order valence-electron chi connectivity index (χ0n) is 17.3. The lowest BCUT2D eigenvalue weighted by Crippen LogP contribution is -2.48. The van der Waals surface area contributed by atoms with Crippen LogP contribution in [0.5, 0.6) is 0 Å². The second-order valence-corrected chi connectivity index (χ2v) is 7.80. The Morgan fingerprint density at radius 1 is 1.22 bits per heavy atom. The minimum atomic E-state index is -1.06. The van der Waals surface area contributed by atoms with Crippen LogP contribution in [0.15, 0.2) is 54.6 Å². The molecule has 4 rings (SSSR count). The summed E-state index contributed by atoms with van der Waals surface area (Å²) in [6, 6.07) is 10.4. The van der Waals surface area contributed by atoms with E-state index < -0.39 is 35.4 Å². The number of anilines is 1. The summed E-state index contributed by atoms with van der Waals surface area (Å²) in [5, 5.41) is 13.0. The largest absolute Gasteiger partial charge is 0.337 e. The number of rotatable bonds is 5. The van der Waals surface area contributed by atoms with Crippen molar-refractivity contribution in [2.45, 2.75) is 25.8 Å². The minimum Gasteiger partial charge on any atom is -0.337 e. The second-order valence-electron chi connectivity index (χ2n) is 7.80. The number of fused-ring (bicyclic) bond motifs is 1. The smallest absolute Gasteiger partial charge is 0.289 e. The van der Waals surface area contributed by atoms with Crippen LogP contribution in [0.4, 0.5) is 14.5 Å². The molecule has 0 bridgehead atoms. The fourth-order valence-electron chi connectivity index (χ4n) is 3.77. The molecule has 2 aromatic carbocycles. The monoisotopic (exact) mass is 437 g/mol. The Labute approximate surface area is 183 Å². The van der Waals surface area contributed by atoms with Crippen molar-refractivity contribution in [2.24, 2.45) is 5.92 Å². The van der Waals surface area contributed by atoms with E-state index in [1.54, 1.807) is 6.92 Å². The van der Waals surface area contributed by atoms with Crippen LogP contribution >= 0.6 is 0 Å². The number of nitrogens with one attached hydrogen (secondary N) is 3. The van der Waals surface area contributed by atoms with Gasteiger partial charge in [0.05, 0.1) is 5.69 Å². The van der Waals surface area contributed by atoms with E-state index in [0.29, 0.717) is 29.4 Å². The third-order valence-corrected chi connectivity index (χ3v) is 5.39. The van der Waals surface area contributed by atoms with E-state index >= 15 is 0 Å². The maximum absolute atomic E-state index is 14.3. The first-order valence-electron chi connectivity index (χ1n) is 10.0. The molecule has 0 spiro atoms. The van der Waals surface area contributed by atoms with Gasteiger partial charge in [0.2, 0.25) is 11.7 Å². The Balaban J connectivity index is 1.55. The molecule has 0 radical (unpaired) electrons. The van der Waals surface area contributed by atoms with Gasteiger partial charge in [0.25, 0.3) is 5.91 Å². The van der Waals surface area contributed by atoms with Gasteiger partial charge in [-0.2, -0.15) is 0 Å². The Bertz CT molecular complexity index is 1190. The number of aromatic nitrogens is 3.